The van der Waals surface area contributed by atoms with Gasteiger partial charge in [0.25, 0.3) is 5.91 Å². The Hall–Kier alpha value is -3.70. The van der Waals surface area contributed by atoms with Crippen LogP contribution in [0.3, 0.4) is 0 Å². The van der Waals surface area contributed by atoms with Crippen molar-refractivity contribution in [3.05, 3.63) is 42.4 Å². The predicted molar refractivity (Wildman–Crippen MR) is 126 cm³/mol. The average molecular weight is 443 g/mol. The van der Waals surface area contributed by atoms with Crippen molar-refractivity contribution in [2.75, 3.05) is 25.0 Å². The number of likely N-dealkylation sites (tertiary alicyclic amines) is 1. The Labute approximate surface area is 192 Å². The Morgan fingerprint density at radius 2 is 1.94 bits per heavy atom. The number of nitrogens with zero attached hydrogens (tertiary/aromatic N) is 3. The van der Waals surface area contributed by atoms with E-state index in [4.69, 9.17) is 6.42 Å². The van der Waals surface area contributed by atoms with Gasteiger partial charge in [0.15, 0.2) is 5.69 Å². The highest BCUT2D eigenvalue weighted by Gasteiger charge is 2.29. The highest BCUT2D eigenvalue weighted by Crippen LogP contribution is 2.31. The van der Waals surface area contributed by atoms with Gasteiger partial charge in [-0.05, 0) is 49.4 Å². The van der Waals surface area contributed by atoms with Crippen molar-refractivity contribution in [2.24, 2.45) is 5.92 Å². The summed E-state index contributed by atoms with van der Waals surface area (Å²) >= 11 is 0. The first-order valence-electron chi connectivity index (χ1n) is 11.3. The number of hydrogen-bond donors (Lipinski definition) is 3. The number of benzene rings is 1. The van der Waals surface area contributed by atoms with Gasteiger partial charge in [-0.2, -0.15) is 5.10 Å². The first kappa shape index (κ1) is 21.2. The van der Waals surface area contributed by atoms with Crippen molar-refractivity contribution in [3.8, 4) is 23.5 Å². The summed E-state index contributed by atoms with van der Waals surface area (Å²) in [5, 5.41) is 14.0. The first-order valence-corrected chi connectivity index (χ1v) is 11.3. The third-order valence-electron chi connectivity index (χ3n) is 6.30. The highest BCUT2D eigenvalue weighted by atomic mass is 16.2. The Bertz CT molecular complexity index is 1230. The summed E-state index contributed by atoms with van der Waals surface area (Å²) in [5.41, 5.74) is 3.60. The van der Waals surface area contributed by atoms with E-state index in [1.165, 1.54) is 0 Å². The Kier molecular flexibility index (Phi) is 5.80. The topological polar surface area (TPSA) is 103 Å². The van der Waals surface area contributed by atoms with Crippen LogP contribution in [-0.4, -0.2) is 57.6 Å². The predicted octanol–water partition coefficient (Wildman–Crippen LogP) is 2.80. The molecule has 2 amide bonds. The molecule has 0 radical (unpaired) electrons. The lowest BCUT2D eigenvalue weighted by Gasteiger charge is -2.30. The molecule has 3 N–H and O–H groups in total. The van der Waals surface area contributed by atoms with Crippen molar-refractivity contribution in [2.45, 2.75) is 31.7 Å². The van der Waals surface area contributed by atoms with Gasteiger partial charge in [0.2, 0.25) is 5.91 Å². The summed E-state index contributed by atoms with van der Waals surface area (Å²) in [6.07, 6.45) is 12.4. The fourth-order valence-electron chi connectivity index (χ4n) is 4.24. The van der Waals surface area contributed by atoms with Crippen molar-refractivity contribution in [3.63, 3.8) is 0 Å². The van der Waals surface area contributed by atoms with Crippen LogP contribution in [-0.2, 0) is 4.79 Å². The molecule has 2 aromatic heterocycles. The molecule has 0 spiro atoms. The molecule has 0 bridgehead atoms. The van der Waals surface area contributed by atoms with Crippen molar-refractivity contribution in [1.82, 2.24) is 25.4 Å². The summed E-state index contributed by atoms with van der Waals surface area (Å²) < 4.78 is 0. The molecule has 3 heterocycles. The minimum Gasteiger partial charge on any atom is -0.348 e. The zero-order valence-electron chi connectivity index (χ0n) is 18.3. The van der Waals surface area contributed by atoms with E-state index < -0.39 is 0 Å². The van der Waals surface area contributed by atoms with Crippen LogP contribution in [0.5, 0.6) is 0 Å². The lowest BCUT2D eigenvalue weighted by atomic mass is 10.0. The Morgan fingerprint density at radius 3 is 2.70 bits per heavy atom. The van der Waals surface area contributed by atoms with Crippen molar-refractivity contribution in [1.29, 1.82) is 0 Å². The molecule has 8 heteroatoms. The minimum absolute atomic E-state index is 0.0447. The largest absolute Gasteiger partial charge is 0.348 e. The molecule has 3 aromatic rings. The lowest BCUT2D eigenvalue weighted by molar-refractivity contribution is -0.117. The van der Waals surface area contributed by atoms with Gasteiger partial charge in [-0.25, -0.2) is 0 Å². The Balaban J connectivity index is 1.32. The van der Waals surface area contributed by atoms with E-state index in [0.29, 0.717) is 17.9 Å². The molecule has 5 rings (SSSR count). The molecule has 1 aliphatic heterocycles. The summed E-state index contributed by atoms with van der Waals surface area (Å²) in [6, 6.07) is 7.80. The molecule has 33 heavy (non-hydrogen) atoms. The molecule has 2 fully saturated rings. The third-order valence-corrected chi connectivity index (χ3v) is 6.30. The van der Waals surface area contributed by atoms with Gasteiger partial charge in [0.1, 0.15) is 0 Å². The molecule has 168 valence electrons. The molecule has 1 aliphatic carbocycles. The smallest absolute Gasteiger partial charge is 0.272 e. The van der Waals surface area contributed by atoms with Crippen molar-refractivity contribution < 1.29 is 9.59 Å². The number of rotatable bonds is 6. The first-order chi connectivity index (χ1) is 16.1. The average Bonchev–Trinajstić information content (AvgIpc) is 3.60. The monoisotopic (exact) mass is 442 g/mol. The van der Waals surface area contributed by atoms with Crippen LogP contribution in [0.2, 0.25) is 0 Å². The number of nitrogens with one attached hydrogen (secondary N) is 3. The van der Waals surface area contributed by atoms with Gasteiger partial charge in [0, 0.05) is 42.2 Å². The molecule has 1 aromatic carbocycles. The van der Waals surface area contributed by atoms with E-state index in [0.717, 1.165) is 60.8 Å². The zero-order valence-corrected chi connectivity index (χ0v) is 18.3. The SMILES string of the molecule is C#CCN1CCC(NC(=O)c2n[nH]c3ccc(-c4cncc(NC(=O)C5CC5)c4)cc23)CC1. The number of carbonyl (C=O) groups excluding carboxylic acids is 2. The van der Waals surface area contributed by atoms with E-state index in [-0.39, 0.29) is 23.8 Å². The third kappa shape index (κ3) is 4.73. The highest BCUT2D eigenvalue weighted by molar-refractivity contribution is 6.05. The summed E-state index contributed by atoms with van der Waals surface area (Å²) in [4.78, 5) is 31.6. The number of pyridine rings is 1. The molecular formula is C25H26N6O2. The van der Waals surface area contributed by atoms with Crippen LogP contribution in [0.4, 0.5) is 5.69 Å². The normalized spacial score (nSPS) is 16.9. The zero-order chi connectivity index (χ0) is 22.8. The fraction of sp³-hybridized carbons (Fsp3) is 0.360. The second-order valence-corrected chi connectivity index (χ2v) is 8.79. The number of amides is 2. The molecule has 1 saturated carbocycles. The second-order valence-electron chi connectivity index (χ2n) is 8.79. The fourth-order valence-corrected chi connectivity index (χ4v) is 4.24. The van der Waals surface area contributed by atoms with E-state index in [2.05, 4.69) is 36.6 Å². The lowest BCUT2D eigenvalue weighted by Crippen LogP contribution is -2.44. The molecule has 8 nitrogen and oxygen atoms in total. The van der Waals surface area contributed by atoms with Crippen LogP contribution >= 0.6 is 0 Å². The van der Waals surface area contributed by atoms with Crippen LogP contribution in [0.25, 0.3) is 22.0 Å². The van der Waals surface area contributed by atoms with E-state index in [9.17, 15) is 9.59 Å². The van der Waals surface area contributed by atoms with Gasteiger partial charge >= 0.3 is 0 Å². The van der Waals surface area contributed by atoms with Crippen LogP contribution in [0, 0.1) is 18.3 Å². The number of fused-ring (bicyclic) bond motifs is 1. The summed E-state index contributed by atoms with van der Waals surface area (Å²) in [7, 11) is 0. The minimum atomic E-state index is -0.183. The number of hydrogen-bond acceptors (Lipinski definition) is 5. The van der Waals surface area contributed by atoms with Crippen molar-refractivity contribution >= 4 is 28.4 Å². The molecular weight excluding hydrogens is 416 g/mol. The number of terminal acetylenes is 1. The van der Waals surface area contributed by atoms with Gasteiger partial charge in [0.05, 0.1) is 23.9 Å². The number of aromatic nitrogens is 3. The quantitative estimate of drug-likeness (QED) is 0.510. The number of piperidine rings is 1. The second kappa shape index (κ2) is 9.04. The summed E-state index contributed by atoms with van der Waals surface area (Å²) in [6.45, 7) is 2.40. The van der Waals surface area contributed by atoms with Gasteiger partial charge in [-0.1, -0.05) is 12.0 Å². The summed E-state index contributed by atoms with van der Waals surface area (Å²) in [5.74, 6) is 2.66. The van der Waals surface area contributed by atoms with Crippen LogP contribution in [0.15, 0.2) is 36.7 Å². The molecule has 2 aliphatic rings. The number of aromatic amines is 1. The molecule has 0 atom stereocenters. The van der Waals surface area contributed by atoms with Crippen LogP contribution < -0.4 is 10.6 Å². The van der Waals surface area contributed by atoms with E-state index in [1.54, 1.807) is 12.4 Å². The van der Waals surface area contributed by atoms with E-state index in [1.807, 2.05) is 24.3 Å². The number of anilines is 1. The van der Waals surface area contributed by atoms with E-state index >= 15 is 0 Å². The Morgan fingerprint density at radius 1 is 1.12 bits per heavy atom. The van der Waals surface area contributed by atoms with Gasteiger partial charge < -0.3 is 10.6 Å². The maximum Gasteiger partial charge on any atom is 0.272 e. The molecule has 0 unspecified atom stereocenters. The number of carbonyl (C=O) groups is 2. The number of H-pyrrole nitrogens is 1. The van der Waals surface area contributed by atoms with Gasteiger partial charge in [-0.15, -0.1) is 6.42 Å². The maximum atomic E-state index is 13.0. The maximum absolute atomic E-state index is 13.0. The van der Waals surface area contributed by atoms with Gasteiger partial charge in [-0.3, -0.25) is 24.6 Å². The van der Waals surface area contributed by atoms with Crippen LogP contribution in [0.1, 0.15) is 36.2 Å². The standard InChI is InChI=1S/C25H26N6O2/c1-2-9-31-10-7-19(8-11-31)27-25(33)23-21-13-17(5-6-22(21)29-30-23)18-12-20(15-26-14-18)28-24(32)16-3-4-16/h1,5-6,12-16,19H,3-4,7-11H2,(H,27,33)(H,28,32)(H,29,30). The molecule has 1 saturated heterocycles.